The van der Waals surface area contributed by atoms with Gasteiger partial charge in [0.1, 0.15) is 30.5 Å². The van der Waals surface area contributed by atoms with E-state index in [0.717, 1.165) is 5.56 Å². The molecule has 1 aliphatic rings. The molecule has 35 heavy (non-hydrogen) atoms. The highest BCUT2D eigenvalue weighted by atomic mass is 32.1. The molecule has 9 heteroatoms. The number of halogens is 2. The van der Waals surface area contributed by atoms with E-state index >= 15 is 0 Å². The van der Waals surface area contributed by atoms with Gasteiger partial charge in [-0.15, -0.1) is 11.3 Å². The summed E-state index contributed by atoms with van der Waals surface area (Å²) in [5.74, 6) is -1.34. The van der Waals surface area contributed by atoms with Crippen molar-refractivity contribution in [1.82, 2.24) is 9.80 Å². The number of methoxy groups -OCH3 is 1. The monoisotopic (exact) mass is 500 g/mol. The summed E-state index contributed by atoms with van der Waals surface area (Å²) in [5.41, 5.74) is 0.909. The molecule has 0 saturated heterocycles. The van der Waals surface area contributed by atoms with E-state index in [4.69, 9.17) is 9.47 Å². The minimum atomic E-state index is -0.640. The van der Waals surface area contributed by atoms with E-state index in [1.165, 1.54) is 47.2 Å². The molecule has 1 aliphatic heterocycles. The second-order valence-electron chi connectivity index (χ2n) is 8.12. The summed E-state index contributed by atoms with van der Waals surface area (Å²) in [6, 6.07) is 13.0. The number of carbonyl (C=O) groups excluding carboxylic acids is 2. The van der Waals surface area contributed by atoms with Gasteiger partial charge in [0.25, 0.3) is 5.91 Å². The van der Waals surface area contributed by atoms with E-state index < -0.39 is 11.7 Å². The van der Waals surface area contributed by atoms with Crippen molar-refractivity contribution in [3.05, 3.63) is 87.6 Å². The lowest BCUT2D eigenvalue weighted by molar-refractivity contribution is -0.135. The topological polar surface area (TPSA) is 59.1 Å². The number of nitrogens with zero attached hydrogens (tertiary/aromatic N) is 2. The van der Waals surface area contributed by atoms with Crippen molar-refractivity contribution >= 4 is 23.2 Å². The molecule has 184 valence electrons. The van der Waals surface area contributed by atoms with Crippen LogP contribution in [0.15, 0.2) is 60.0 Å². The highest BCUT2D eigenvalue weighted by molar-refractivity contribution is 7.10. The van der Waals surface area contributed by atoms with Gasteiger partial charge in [0.2, 0.25) is 5.91 Å². The summed E-state index contributed by atoms with van der Waals surface area (Å²) in [5, 5.41) is 1.98. The normalized spacial score (nSPS) is 14.9. The maximum atomic E-state index is 14.3. The molecule has 0 fully saturated rings. The molecule has 2 aromatic carbocycles. The first-order valence-corrected chi connectivity index (χ1v) is 12.1. The number of hydrogen-bond acceptors (Lipinski definition) is 5. The minimum absolute atomic E-state index is 0.0913. The van der Waals surface area contributed by atoms with E-state index in [2.05, 4.69) is 0 Å². The van der Waals surface area contributed by atoms with Crippen LogP contribution in [0.4, 0.5) is 8.78 Å². The van der Waals surface area contributed by atoms with Crippen LogP contribution in [-0.4, -0.2) is 61.6 Å². The van der Waals surface area contributed by atoms with Crippen molar-refractivity contribution in [1.29, 1.82) is 0 Å². The first kappa shape index (κ1) is 24.8. The number of fused-ring (bicyclic) bond motifs is 1. The number of ether oxygens (including phenoxy) is 2. The molecule has 0 saturated carbocycles. The largest absolute Gasteiger partial charge is 0.491 e. The molecule has 0 aliphatic carbocycles. The van der Waals surface area contributed by atoms with E-state index in [1.54, 1.807) is 34.4 Å². The zero-order chi connectivity index (χ0) is 24.8. The molecule has 0 spiro atoms. The third kappa shape index (κ3) is 5.86. The maximum absolute atomic E-state index is 14.3. The van der Waals surface area contributed by atoms with Gasteiger partial charge in [-0.25, -0.2) is 8.78 Å². The molecule has 6 nitrogen and oxygen atoms in total. The summed E-state index contributed by atoms with van der Waals surface area (Å²) in [6.45, 7) is 0.780. The van der Waals surface area contributed by atoms with Gasteiger partial charge in [-0.1, -0.05) is 12.1 Å². The Morgan fingerprint density at radius 2 is 1.89 bits per heavy atom. The van der Waals surface area contributed by atoms with Gasteiger partial charge in [-0.05, 0) is 59.8 Å². The van der Waals surface area contributed by atoms with Crippen LogP contribution in [0.2, 0.25) is 0 Å². The zero-order valence-electron chi connectivity index (χ0n) is 19.3. The van der Waals surface area contributed by atoms with Gasteiger partial charge in [0, 0.05) is 25.1 Å². The molecule has 0 unspecified atom stereocenters. The van der Waals surface area contributed by atoms with Crippen molar-refractivity contribution in [3.63, 3.8) is 0 Å². The number of benzene rings is 2. The van der Waals surface area contributed by atoms with Crippen LogP contribution in [-0.2, 0) is 16.0 Å². The van der Waals surface area contributed by atoms with E-state index in [9.17, 15) is 18.4 Å². The lowest BCUT2D eigenvalue weighted by atomic mass is 10.0. The fourth-order valence-electron chi connectivity index (χ4n) is 4.09. The Morgan fingerprint density at radius 1 is 1.11 bits per heavy atom. The Kier molecular flexibility index (Phi) is 8.09. The highest BCUT2D eigenvalue weighted by Crippen LogP contribution is 2.34. The molecule has 2 amide bonds. The van der Waals surface area contributed by atoms with Crippen molar-refractivity contribution in [2.24, 2.45) is 0 Å². The fraction of sp³-hybridized carbons (Fsp3) is 0.308. The number of amides is 2. The predicted molar refractivity (Wildman–Crippen MR) is 129 cm³/mol. The first-order valence-electron chi connectivity index (χ1n) is 11.2. The Hall–Kier alpha value is -3.30. The molecule has 1 atom stereocenters. The van der Waals surface area contributed by atoms with Crippen LogP contribution in [0, 0.1) is 11.6 Å². The Balaban J connectivity index is 1.53. The fourth-order valence-corrected chi connectivity index (χ4v) is 5.02. The summed E-state index contributed by atoms with van der Waals surface area (Å²) in [4.78, 5) is 30.8. The molecule has 0 N–H and O–H groups in total. The van der Waals surface area contributed by atoms with Gasteiger partial charge in [0.05, 0.1) is 18.2 Å². The van der Waals surface area contributed by atoms with Crippen LogP contribution >= 0.6 is 11.3 Å². The lowest BCUT2D eigenvalue weighted by Crippen LogP contribution is -2.48. The Bertz CT molecular complexity index is 1170. The van der Waals surface area contributed by atoms with Crippen LogP contribution in [0.1, 0.15) is 26.8 Å². The van der Waals surface area contributed by atoms with Gasteiger partial charge in [-0.2, -0.15) is 0 Å². The van der Waals surface area contributed by atoms with Gasteiger partial charge in [0.15, 0.2) is 0 Å². The summed E-state index contributed by atoms with van der Waals surface area (Å²) in [7, 11) is 1.50. The van der Waals surface area contributed by atoms with Crippen molar-refractivity contribution in [2.45, 2.75) is 12.5 Å². The molecule has 1 aromatic heterocycles. The molecule has 2 heterocycles. The van der Waals surface area contributed by atoms with E-state index in [0.29, 0.717) is 18.7 Å². The quantitative estimate of drug-likeness (QED) is 0.439. The van der Waals surface area contributed by atoms with Crippen molar-refractivity contribution < 1.29 is 27.8 Å². The standard InChI is InChI=1S/C26H26F2N2O4S/c1-33-14-13-29(26(32)20-4-2-3-5-22(20)28)16-25(31)30-12-10-24-21(11-15-35-24)23(30)17-34-19-8-6-18(27)7-9-19/h2-9,11,15,23H,10,12-14,16-17H2,1H3/t23-/m0/s1. The van der Waals surface area contributed by atoms with Crippen LogP contribution in [0.3, 0.4) is 0 Å². The zero-order valence-corrected chi connectivity index (χ0v) is 20.1. The van der Waals surface area contributed by atoms with Crippen LogP contribution in [0.5, 0.6) is 5.75 Å². The predicted octanol–water partition coefficient (Wildman–Crippen LogP) is 4.32. The summed E-state index contributed by atoms with van der Waals surface area (Å²) < 4.78 is 38.6. The average molecular weight is 501 g/mol. The van der Waals surface area contributed by atoms with Crippen molar-refractivity contribution in [2.75, 3.05) is 40.0 Å². The summed E-state index contributed by atoms with van der Waals surface area (Å²) in [6.07, 6.45) is 0.700. The number of rotatable bonds is 9. The third-order valence-corrected chi connectivity index (χ3v) is 6.92. The molecule has 0 bridgehead atoms. The second kappa shape index (κ2) is 11.4. The first-order chi connectivity index (χ1) is 17.0. The maximum Gasteiger partial charge on any atom is 0.257 e. The van der Waals surface area contributed by atoms with Gasteiger partial charge >= 0.3 is 0 Å². The lowest BCUT2D eigenvalue weighted by Gasteiger charge is -2.37. The SMILES string of the molecule is COCCN(CC(=O)N1CCc2sccc2[C@@H]1COc1ccc(F)cc1)C(=O)c1ccccc1F. The van der Waals surface area contributed by atoms with E-state index in [1.807, 2.05) is 11.4 Å². The number of hydrogen-bond donors (Lipinski definition) is 0. The van der Waals surface area contributed by atoms with Gasteiger partial charge in [-0.3, -0.25) is 9.59 Å². The summed E-state index contributed by atoms with van der Waals surface area (Å²) >= 11 is 1.63. The number of thiophene rings is 1. The third-order valence-electron chi connectivity index (χ3n) is 5.92. The van der Waals surface area contributed by atoms with Gasteiger partial charge < -0.3 is 19.3 Å². The van der Waals surface area contributed by atoms with Crippen molar-refractivity contribution in [3.8, 4) is 5.75 Å². The van der Waals surface area contributed by atoms with Crippen LogP contribution in [0.25, 0.3) is 0 Å². The Morgan fingerprint density at radius 3 is 2.63 bits per heavy atom. The second-order valence-corrected chi connectivity index (χ2v) is 9.12. The molecule has 3 aromatic rings. The van der Waals surface area contributed by atoms with E-state index in [-0.39, 0.29) is 49.6 Å². The Labute approximate surface area is 206 Å². The molecular formula is C26H26F2N2O4S. The highest BCUT2D eigenvalue weighted by Gasteiger charge is 2.34. The average Bonchev–Trinajstić information content (AvgIpc) is 3.35. The molecule has 4 rings (SSSR count). The number of carbonyl (C=O) groups is 2. The van der Waals surface area contributed by atoms with Crippen LogP contribution < -0.4 is 4.74 Å². The minimum Gasteiger partial charge on any atom is -0.491 e. The molecular weight excluding hydrogens is 474 g/mol. The molecule has 0 radical (unpaired) electrons. The smallest absolute Gasteiger partial charge is 0.257 e.